The fraction of sp³-hybridized carbons (Fsp3) is 0.612. The van der Waals surface area contributed by atoms with Gasteiger partial charge in [-0.1, -0.05) is 65.5 Å². The van der Waals surface area contributed by atoms with Crippen molar-refractivity contribution in [2.45, 2.75) is 226 Å². The van der Waals surface area contributed by atoms with Crippen molar-refractivity contribution < 1.29 is 69.3 Å². The molecule has 4 saturated carbocycles. The van der Waals surface area contributed by atoms with Crippen LogP contribution in [0.5, 0.6) is 0 Å². The molecule has 4 aliphatic carbocycles. The molecule has 37 heteroatoms. The van der Waals surface area contributed by atoms with Gasteiger partial charge in [-0.05, 0) is 187 Å². The lowest BCUT2D eigenvalue weighted by molar-refractivity contribution is -0.121. The molecule has 2 N–H and O–H groups in total. The largest absolute Gasteiger partial charge is 0.393 e. The maximum absolute atomic E-state index is 13.6. The average Bonchev–Trinajstić information content (AvgIpc) is 1.26. The van der Waals surface area contributed by atoms with Gasteiger partial charge in [0.1, 0.15) is 46.9 Å². The third-order valence-electron chi connectivity index (χ3n) is 19.0. The summed E-state index contributed by atoms with van der Waals surface area (Å²) in [6.45, 7) is 6.74. The zero-order valence-corrected chi connectivity index (χ0v) is 65.2. The lowest BCUT2D eigenvalue weighted by atomic mass is 10.0. The van der Waals surface area contributed by atoms with E-state index in [1.807, 2.05) is 55.7 Å². The number of alkyl halides is 10. The number of fused-ring (bicyclic) bond motifs is 4. The number of anilines is 8. The van der Waals surface area contributed by atoms with Crippen molar-refractivity contribution in [3.05, 3.63) is 81.8 Å². The van der Waals surface area contributed by atoms with E-state index in [0.717, 1.165) is 102 Å². The number of nitrogens with zero attached hydrogens (tertiary/aromatic N) is 16. The van der Waals surface area contributed by atoms with Gasteiger partial charge in [-0.2, -0.15) is 37.5 Å². The van der Waals surface area contributed by atoms with E-state index in [1.165, 1.54) is 16.7 Å². The first-order valence-electron chi connectivity index (χ1n) is 33.5. The van der Waals surface area contributed by atoms with Gasteiger partial charge < -0.3 is 54.1 Å². The second kappa shape index (κ2) is 40.1. The molecule has 11 atom stereocenters. The van der Waals surface area contributed by atoms with Crippen molar-refractivity contribution in [1.29, 1.82) is 0 Å². The summed E-state index contributed by atoms with van der Waals surface area (Å²) in [5, 5.41) is 20.3. The smallest absolute Gasteiger partial charge is 0.287 e. The Hall–Kier alpha value is -5.44. The minimum Gasteiger partial charge on any atom is -0.393 e. The maximum Gasteiger partial charge on any atom is 0.287 e. The number of carbonyl (C=O) groups is 4. The number of hydrogen-bond acceptors (Lipinski definition) is 19. The number of hydrogen-bond donors (Lipinski definition) is 2. The lowest BCUT2D eigenvalue weighted by Crippen LogP contribution is -2.55. The van der Waals surface area contributed by atoms with E-state index in [1.54, 1.807) is 66.4 Å². The second-order valence-corrected chi connectivity index (χ2v) is 28.5. The van der Waals surface area contributed by atoms with Gasteiger partial charge >= 0.3 is 0 Å². The predicted octanol–water partition coefficient (Wildman–Crippen LogP) is 14.7. The van der Waals surface area contributed by atoms with Gasteiger partial charge in [-0.15, -0.1) is 0 Å². The van der Waals surface area contributed by atoms with E-state index >= 15 is 0 Å². The van der Waals surface area contributed by atoms with E-state index in [2.05, 4.69) is 56.9 Å². The van der Waals surface area contributed by atoms with Crippen molar-refractivity contribution in [1.82, 2.24) is 39.9 Å². The fourth-order valence-corrected chi connectivity index (χ4v) is 14.9. The van der Waals surface area contributed by atoms with Gasteiger partial charge in [0.15, 0.2) is 23.3 Å². The molecule has 0 radical (unpaired) electrons. The summed E-state index contributed by atoms with van der Waals surface area (Å²) >= 11 is 25.9. The van der Waals surface area contributed by atoms with Gasteiger partial charge in [0.05, 0.1) is 49.7 Å². The van der Waals surface area contributed by atoms with Gasteiger partial charge in [0, 0.05) is 65.2 Å². The molecule has 4 aromatic heterocycles. The average molecular weight is 1780 g/mol. The van der Waals surface area contributed by atoms with E-state index in [4.69, 9.17) is 51.1 Å². The van der Waals surface area contributed by atoms with Crippen LogP contribution in [0, 0.1) is 0 Å². The summed E-state index contributed by atoms with van der Waals surface area (Å²) in [7, 11) is 6.89. The normalized spacial score (nSPS) is 24.9. The third-order valence-corrected chi connectivity index (χ3v) is 19.8. The van der Waals surface area contributed by atoms with Gasteiger partial charge in [0.2, 0.25) is 57.6 Å². The Labute approximate surface area is 647 Å². The van der Waals surface area contributed by atoms with Crippen LogP contribution >= 0.6 is 91.6 Å². The minimum atomic E-state index is -2.69. The van der Waals surface area contributed by atoms with Crippen LogP contribution < -0.4 is 39.2 Å². The van der Waals surface area contributed by atoms with Gasteiger partial charge in [-0.25, -0.2) is 37.5 Å². The molecule has 1 aromatic carbocycles. The van der Waals surface area contributed by atoms with Gasteiger partial charge in [0.25, 0.3) is 8.86 Å². The van der Waals surface area contributed by atoms with Crippen LogP contribution in [0.25, 0.3) is 0 Å². The van der Waals surface area contributed by atoms with E-state index in [-0.39, 0.29) is 120 Å². The molecule has 7 unspecified atom stereocenters. The van der Waals surface area contributed by atoms with Crippen LogP contribution in [0.4, 0.5) is 81.1 Å². The predicted molar refractivity (Wildman–Crippen MR) is 404 cm³/mol. The summed E-state index contributed by atoms with van der Waals surface area (Å²) in [4.78, 5) is 98.3. The Bertz CT molecular complexity index is 3540. The molecule has 8 aliphatic rings. The summed E-state index contributed by atoms with van der Waals surface area (Å²) in [5.74, 6) is -0.0439. The number of likely N-dealkylation sites (N-methyl/N-ethyl adjacent to an activating group) is 4. The number of halogens is 14. The first kappa shape index (κ1) is 87.5. The lowest BCUT2D eigenvalue weighted by Gasteiger charge is -2.43. The highest BCUT2D eigenvalue weighted by Crippen LogP contribution is 2.46. The van der Waals surface area contributed by atoms with Crippen LogP contribution in [0.1, 0.15) is 143 Å². The van der Waals surface area contributed by atoms with Crippen molar-refractivity contribution >= 4 is 161 Å². The topological polar surface area (TPSA) is 247 Å². The number of aromatic nitrogens is 8. The number of carbonyl (C=O) groups excluding carboxylic acids is 4. The summed E-state index contributed by atoms with van der Waals surface area (Å²) in [5.41, 5.74) is 3.75. The fourth-order valence-electron chi connectivity index (χ4n) is 14.4. The number of benzene rings is 1. The monoisotopic (exact) mass is 1770 g/mol. The molecule has 4 amide bonds. The molecule has 23 nitrogen and oxygen atoms in total. The zero-order valence-electron chi connectivity index (χ0n) is 57.8. The molecule has 576 valence electrons. The number of rotatable bonds is 11. The van der Waals surface area contributed by atoms with Crippen LogP contribution in [0.15, 0.2) is 55.1 Å². The third kappa shape index (κ3) is 21.7. The van der Waals surface area contributed by atoms with Crippen molar-refractivity contribution in [3.8, 4) is 0 Å². The molecule has 0 saturated heterocycles. The van der Waals surface area contributed by atoms with E-state index < -0.39 is 33.8 Å². The first-order valence-corrected chi connectivity index (χ1v) is 37.5. The van der Waals surface area contributed by atoms with Gasteiger partial charge in [-0.3, -0.25) is 19.2 Å². The Morgan fingerprint density at radius 2 is 0.788 bits per heavy atom. The zero-order chi connectivity index (χ0) is 75.9. The Kier molecular flexibility index (Phi) is 33.8. The van der Waals surface area contributed by atoms with Crippen LogP contribution in [-0.4, -0.2) is 190 Å². The molecule has 8 heterocycles. The number of amides is 4. The standard InChI is InChI=1S/C21H25ClN4O2.C14H17ClF2N4O.2C14H19ClN4O2.2CHF2I.CH2F2.CH4/c1-3-17-20(27)25(2)18-12-23-21(22)24-19(18)26(17)15-9-10-16(11-15)28-13-14-7-5-4-6-8-14;1-3-9-12(22)20(2)10-7-18-13(15)19-11(10)21(9)8-4-5-14(16,17)6-8;2*1-3-10-13(21)18(2)11-7-16-14(15)17-12(11)19(10)8-4-5-9(20)6-8;2*2-1(3)4;2-1-3;/h4-8,12,15-17H,3,9-11,13H2,1-2H3;7-9H,3-6H2,1-2H3;2*7-10,20H,3-6H2,1-2H3;2*1H;1H2;1H4/t15?,16?,17-;8?,9-;2*8?,9?,10-;;;;/m1111..../s1. The van der Waals surface area contributed by atoms with Crippen molar-refractivity contribution in [2.24, 2.45) is 0 Å². The molecular weight excluding hydrogens is 1690 g/mol. The highest BCUT2D eigenvalue weighted by molar-refractivity contribution is 14.1. The number of ether oxygens (including phenoxy) is 1. The molecule has 0 spiro atoms. The molecule has 13 rings (SSSR count). The summed E-state index contributed by atoms with van der Waals surface area (Å²) in [6, 6.07) is 8.98. The maximum atomic E-state index is 13.6. The van der Waals surface area contributed by atoms with Crippen LogP contribution in [0.2, 0.25) is 21.1 Å². The molecule has 4 aliphatic heterocycles. The molecule has 104 heavy (non-hydrogen) atoms. The number of aliphatic hydroxyl groups is 2. The highest BCUT2D eigenvalue weighted by atomic mass is 127. The Morgan fingerprint density at radius 3 is 1.06 bits per heavy atom. The van der Waals surface area contributed by atoms with E-state index in [0.29, 0.717) is 85.3 Å². The highest BCUT2D eigenvalue weighted by Gasteiger charge is 2.50. The van der Waals surface area contributed by atoms with Crippen molar-refractivity contribution in [3.63, 3.8) is 0 Å². The second-order valence-electron chi connectivity index (χ2n) is 25.3. The molecule has 4 fully saturated rings. The number of aliphatic hydroxyl groups excluding tert-OH is 2. The van der Waals surface area contributed by atoms with Crippen LogP contribution in [0.3, 0.4) is 0 Å². The van der Waals surface area contributed by atoms with Crippen LogP contribution in [-0.2, 0) is 30.5 Å². The quantitative estimate of drug-likeness (QED) is 0.0540. The van der Waals surface area contributed by atoms with E-state index in [9.17, 15) is 64.5 Å². The minimum absolute atomic E-state index is 0. The molecule has 5 aromatic rings. The SMILES string of the molecule is C.CC[C@@H]1C(=O)N(C)c2cnc(Cl)nc2N1C1CCC(F)(F)C1.CC[C@@H]1C(=O)N(C)c2cnc(Cl)nc2N1C1CCC(O)C1.CC[C@@H]1C(=O)N(C)c2cnc(Cl)nc2N1C1CCC(O)C1.CC[C@@H]1C(=O)N(C)c2cnc(Cl)nc2N1C1CCC(OCc2ccccc2)C1.FC(F)I.FC(F)I.FCF. The first-order chi connectivity index (χ1) is 48.8. The summed E-state index contributed by atoms with van der Waals surface area (Å²) in [6.07, 6.45) is 15.8. The summed E-state index contributed by atoms with van der Waals surface area (Å²) < 4.78 is 89.6. The molecular formula is C67H88Cl4F8I2N16O7. The van der Waals surface area contributed by atoms with Crippen molar-refractivity contribution in [2.75, 3.05) is 74.3 Å². The Balaban J connectivity index is 0.000000208. The molecule has 0 bridgehead atoms. The Morgan fingerprint density at radius 1 is 0.500 bits per heavy atom.